The quantitative estimate of drug-likeness (QED) is 0.249. The smallest absolute Gasteiger partial charge is 0.268 e. The van der Waals surface area contributed by atoms with Crippen LogP contribution in [0.3, 0.4) is 0 Å². The molecule has 3 atom stereocenters. The Morgan fingerprint density at radius 2 is 1.41 bits per heavy atom. The highest BCUT2D eigenvalue weighted by atomic mass is 35.5. The number of phenols is 1. The molecular formula is C30H41ClN4O6. The number of hydrogen-bond acceptors (Lipinski definition) is 6. The molecule has 0 fully saturated rings. The van der Waals surface area contributed by atoms with E-state index in [1.807, 2.05) is 58.0 Å². The van der Waals surface area contributed by atoms with E-state index in [2.05, 4.69) is 16.0 Å². The van der Waals surface area contributed by atoms with E-state index in [0.717, 1.165) is 10.6 Å². The summed E-state index contributed by atoms with van der Waals surface area (Å²) < 4.78 is 0. The molecule has 224 valence electrons. The first-order chi connectivity index (χ1) is 19.3. The monoisotopic (exact) mass is 588 g/mol. The molecule has 0 saturated heterocycles. The van der Waals surface area contributed by atoms with Crippen LogP contribution in [0.1, 0.15) is 56.5 Å². The van der Waals surface area contributed by atoms with E-state index < -0.39 is 41.8 Å². The van der Waals surface area contributed by atoms with Crippen LogP contribution in [-0.4, -0.2) is 66.1 Å². The zero-order chi connectivity index (χ0) is 30.7. The maximum atomic E-state index is 13.6. The van der Waals surface area contributed by atoms with Crippen molar-refractivity contribution in [3.63, 3.8) is 0 Å². The number of amides is 4. The SMILES string of the molecule is CON(C)C(=O)[C@H](CC(C)C)NC(=O)[C@H](Cc1ccccc1)NC(=O)[C@H](CC(C)C)NC(=O)c1cc(Cl)ccc1O. The van der Waals surface area contributed by atoms with Crippen molar-refractivity contribution in [2.45, 2.75) is 65.1 Å². The summed E-state index contributed by atoms with van der Waals surface area (Å²) in [5, 5.41) is 19.7. The van der Waals surface area contributed by atoms with Gasteiger partial charge in [0.15, 0.2) is 0 Å². The Morgan fingerprint density at radius 3 is 2.00 bits per heavy atom. The summed E-state index contributed by atoms with van der Waals surface area (Å²) in [6.07, 6.45) is 0.781. The Bertz CT molecular complexity index is 1190. The summed E-state index contributed by atoms with van der Waals surface area (Å²) in [4.78, 5) is 58.1. The second-order valence-corrected chi connectivity index (χ2v) is 11.2. The normalized spacial score (nSPS) is 13.3. The minimum Gasteiger partial charge on any atom is -0.507 e. The summed E-state index contributed by atoms with van der Waals surface area (Å²) >= 11 is 6.00. The number of benzene rings is 2. The molecule has 2 rings (SSSR count). The number of phenolic OH excluding ortho intramolecular Hbond substituents is 1. The Balaban J connectivity index is 2.33. The number of aromatic hydroxyl groups is 1. The van der Waals surface area contributed by atoms with Crippen molar-refractivity contribution in [1.82, 2.24) is 21.0 Å². The third kappa shape index (κ3) is 10.7. The second kappa shape index (κ2) is 16.0. The molecule has 0 spiro atoms. The molecule has 4 N–H and O–H groups in total. The predicted octanol–water partition coefficient (Wildman–Crippen LogP) is 3.47. The van der Waals surface area contributed by atoms with E-state index in [0.29, 0.717) is 6.42 Å². The summed E-state index contributed by atoms with van der Waals surface area (Å²) in [5.41, 5.74) is 0.719. The van der Waals surface area contributed by atoms with Gasteiger partial charge in [-0.1, -0.05) is 69.6 Å². The summed E-state index contributed by atoms with van der Waals surface area (Å²) in [6.45, 7) is 7.65. The van der Waals surface area contributed by atoms with E-state index >= 15 is 0 Å². The molecule has 0 aliphatic rings. The average Bonchev–Trinajstić information content (AvgIpc) is 2.92. The third-order valence-electron chi connectivity index (χ3n) is 6.35. The van der Waals surface area contributed by atoms with E-state index in [4.69, 9.17) is 16.4 Å². The fourth-order valence-corrected chi connectivity index (χ4v) is 4.41. The first-order valence-electron chi connectivity index (χ1n) is 13.6. The molecule has 0 saturated carbocycles. The highest BCUT2D eigenvalue weighted by Crippen LogP contribution is 2.22. The number of likely N-dealkylation sites (N-methyl/N-ethyl adjacent to an activating group) is 1. The number of nitrogens with one attached hydrogen (secondary N) is 3. The fraction of sp³-hybridized carbons (Fsp3) is 0.467. The van der Waals surface area contributed by atoms with Gasteiger partial charge in [-0.25, -0.2) is 5.06 Å². The van der Waals surface area contributed by atoms with Gasteiger partial charge in [0, 0.05) is 18.5 Å². The van der Waals surface area contributed by atoms with Crippen LogP contribution >= 0.6 is 11.6 Å². The number of hydrogen-bond donors (Lipinski definition) is 4. The molecule has 41 heavy (non-hydrogen) atoms. The van der Waals surface area contributed by atoms with Gasteiger partial charge in [-0.05, 0) is 48.4 Å². The Hall–Kier alpha value is -3.63. The lowest BCUT2D eigenvalue weighted by Gasteiger charge is -2.28. The maximum Gasteiger partial charge on any atom is 0.268 e. The zero-order valence-corrected chi connectivity index (χ0v) is 25.2. The Labute approximate surface area is 246 Å². The number of carbonyl (C=O) groups excluding carboxylic acids is 4. The lowest BCUT2D eigenvalue weighted by molar-refractivity contribution is -0.172. The van der Waals surface area contributed by atoms with Crippen LogP contribution in [0.5, 0.6) is 5.75 Å². The molecule has 2 aromatic carbocycles. The van der Waals surface area contributed by atoms with Crippen LogP contribution in [0, 0.1) is 11.8 Å². The molecule has 2 aromatic rings. The molecule has 0 aromatic heterocycles. The molecule has 0 radical (unpaired) electrons. The second-order valence-electron chi connectivity index (χ2n) is 10.8. The lowest BCUT2D eigenvalue weighted by atomic mass is 9.99. The summed E-state index contributed by atoms with van der Waals surface area (Å²) in [5.74, 6) is -2.41. The standard InChI is InChI=1S/C30H41ClN4O6/c1-18(2)14-23(32-27(37)22-17-21(31)12-13-26(22)36)28(38)33-24(16-20-10-8-7-9-11-20)29(39)34-25(15-19(3)4)30(40)35(5)41-6/h7-13,17-19,23-25,36H,14-16H2,1-6H3,(H,32,37)(H,33,38)(H,34,39)/t23-,24-,25-/m0/s1. The molecule has 10 nitrogen and oxygen atoms in total. The highest BCUT2D eigenvalue weighted by molar-refractivity contribution is 6.31. The zero-order valence-electron chi connectivity index (χ0n) is 24.4. The minimum absolute atomic E-state index is 0.0121. The number of hydroxylamine groups is 2. The molecule has 11 heteroatoms. The van der Waals surface area contributed by atoms with Crippen LogP contribution < -0.4 is 16.0 Å². The van der Waals surface area contributed by atoms with Crippen molar-refractivity contribution in [2.24, 2.45) is 11.8 Å². The first-order valence-corrected chi connectivity index (χ1v) is 14.0. The van der Waals surface area contributed by atoms with Gasteiger partial charge in [0.1, 0.15) is 23.9 Å². The van der Waals surface area contributed by atoms with Crippen LogP contribution in [0.25, 0.3) is 0 Å². The summed E-state index contributed by atoms with van der Waals surface area (Å²) in [7, 11) is 2.82. The number of nitrogens with zero attached hydrogens (tertiary/aromatic N) is 1. The number of rotatable bonds is 14. The van der Waals surface area contributed by atoms with Gasteiger partial charge in [0.2, 0.25) is 11.8 Å². The van der Waals surface area contributed by atoms with Crippen molar-refractivity contribution in [3.8, 4) is 5.75 Å². The van der Waals surface area contributed by atoms with Gasteiger partial charge in [-0.2, -0.15) is 0 Å². The molecule has 0 unspecified atom stereocenters. The lowest BCUT2D eigenvalue weighted by Crippen LogP contribution is -2.57. The van der Waals surface area contributed by atoms with Gasteiger partial charge in [-0.15, -0.1) is 0 Å². The molecule has 0 aliphatic carbocycles. The van der Waals surface area contributed by atoms with E-state index in [1.54, 1.807) is 0 Å². The van der Waals surface area contributed by atoms with Gasteiger partial charge in [0.25, 0.3) is 11.8 Å². The molecule has 4 amide bonds. The van der Waals surface area contributed by atoms with Gasteiger partial charge in [-0.3, -0.25) is 24.0 Å². The highest BCUT2D eigenvalue weighted by Gasteiger charge is 2.32. The van der Waals surface area contributed by atoms with Crippen LogP contribution in [0.15, 0.2) is 48.5 Å². The average molecular weight is 589 g/mol. The largest absolute Gasteiger partial charge is 0.507 e. The van der Waals surface area contributed by atoms with Crippen LogP contribution in [0.4, 0.5) is 0 Å². The maximum absolute atomic E-state index is 13.6. The molecule has 0 heterocycles. The van der Waals surface area contributed by atoms with E-state index in [9.17, 15) is 24.3 Å². The fourth-order valence-electron chi connectivity index (χ4n) is 4.24. The number of halogens is 1. The third-order valence-corrected chi connectivity index (χ3v) is 6.59. The predicted molar refractivity (Wildman–Crippen MR) is 157 cm³/mol. The summed E-state index contributed by atoms with van der Waals surface area (Å²) in [6, 6.07) is 10.3. The number of carbonyl (C=O) groups is 4. The topological polar surface area (TPSA) is 137 Å². The first kappa shape index (κ1) is 33.6. The molecule has 0 aliphatic heterocycles. The van der Waals surface area contributed by atoms with Crippen LogP contribution in [-0.2, 0) is 25.6 Å². The van der Waals surface area contributed by atoms with Crippen molar-refractivity contribution in [1.29, 1.82) is 0 Å². The van der Waals surface area contributed by atoms with Gasteiger partial charge >= 0.3 is 0 Å². The Kier molecular flexibility index (Phi) is 13.1. The minimum atomic E-state index is -1.05. The van der Waals surface area contributed by atoms with Crippen LogP contribution in [0.2, 0.25) is 5.02 Å². The van der Waals surface area contributed by atoms with Crippen molar-refractivity contribution >= 4 is 35.2 Å². The molecule has 0 bridgehead atoms. The van der Waals surface area contributed by atoms with Gasteiger partial charge in [0.05, 0.1) is 12.7 Å². The molecular weight excluding hydrogens is 548 g/mol. The Morgan fingerprint density at radius 1 is 0.854 bits per heavy atom. The van der Waals surface area contributed by atoms with Crippen molar-refractivity contribution in [2.75, 3.05) is 14.2 Å². The van der Waals surface area contributed by atoms with Crippen molar-refractivity contribution < 1.29 is 29.1 Å². The van der Waals surface area contributed by atoms with E-state index in [-0.39, 0.29) is 41.0 Å². The van der Waals surface area contributed by atoms with Gasteiger partial charge < -0.3 is 21.1 Å². The van der Waals surface area contributed by atoms with E-state index in [1.165, 1.54) is 32.4 Å². The van der Waals surface area contributed by atoms with Crippen molar-refractivity contribution in [3.05, 3.63) is 64.7 Å².